The Balaban J connectivity index is 1.38. The molecule has 3 heterocycles. The Bertz CT molecular complexity index is 764. The summed E-state index contributed by atoms with van der Waals surface area (Å²) in [7, 11) is 1.87. The zero-order valence-electron chi connectivity index (χ0n) is 15.9. The summed E-state index contributed by atoms with van der Waals surface area (Å²) in [6.07, 6.45) is 9.80. The van der Waals surface area contributed by atoms with Gasteiger partial charge >= 0.3 is 6.03 Å². The summed E-state index contributed by atoms with van der Waals surface area (Å²) in [5.41, 5.74) is 2.23. The van der Waals surface area contributed by atoms with Crippen molar-refractivity contribution in [2.24, 2.45) is 7.05 Å². The number of nitrogens with zero attached hydrogens (tertiary/aromatic N) is 4. The number of carbonyl (C=O) groups excluding carboxylic acids is 1. The number of likely N-dealkylation sites (tertiary alicyclic amines) is 1. The number of rotatable bonds is 6. The van der Waals surface area contributed by atoms with Crippen LogP contribution in [0.1, 0.15) is 55.3 Å². The summed E-state index contributed by atoms with van der Waals surface area (Å²) in [6.45, 7) is 2.69. The number of hydrogen-bond donors (Lipinski definition) is 2. The number of pyridine rings is 1. The quantitative estimate of drug-likeness (QED) is 0.822. The van der Waals surface area contributed by atoms with E-state index in [4.69, 9.17) is 0 Å². The van der Waals surface area contributed by atoms with Crippen LogP contribution in [0.5, 0.6) is 0 Å². The molecule has 1 saturated heterocycles. The molecule has 2 fully saturated rings. The van der Waals surface area contributed by atoms with Gasteiger partial charge in [0.1, 0.15) is 5.82 Å². The molecule has 2 aromatic rings. The maximum atomic E-state index is 12.5. The number of hydrogen-bond acceptors (Lipinski definition) is 4. The summed E-state index contributed by atoms with van der Waals surface area (Å²) in [5, 5.41) is 10.5. The Labute approximate surface area is 160 Å². The first kappa shape index (κ1) is 18.0. The topological polar surface area (TPSA) is 75.1 Å². The third-order valence-electron chi connectivity index (χ3n) is 5.49. The second-order valence-electron chi connectivity index (χ2n) is 7.59. The van der Waals surface area contributed by atoms with Crippen LogP contribution < -0.4 is 10.6 Å². The van der Waals surface area contributed by atoms with Crippen LogP contribution in [0.3, 0.4) is 0 Å². The van der Waals surface area contributed by atoms with Crippen molar-refractivity contribution in [1.29, 1.82) is 0 Å². The van der Waals surface area contributed by atoms with Crippen molar-refractivity contribution in [3.63, 3.8) is 0 Å². The second-order valence-corrected chi connectivity index (χ2v) is 7.59. The van der Waals surface area contributed by atoms with Gasteiger partial charge in [0.05, 0.1) is 11.7 Å². The van der Waals surface area contributed by atoms with Crippen molar-refractivity contribution in [2.75, 3.05) is 25.0 Å². The van der Waals surface area contributed by atoms with E-state index in [2.05, 4.69) is 31.7 Å². The van der Waals surface area contributed by atoms with E-state index in [0.717, 1.165) is 30.2 Å². The van der Waals surface area contributed by atoms with Gasteiger partial charge < -0.3 is 5.32 Å². The average molecular weight is 368 g/mol. The van der Waals surface area contributed by atoms with E-state index >= 15 is 0 Å². The highest BCUT2D eigenvalue weighted by Gasteiger charge is 2.27. The molecule has 1 atom stereocenters. The molecule has 27 heavy (non-hydrogen) atoms. The highest BCUT2D eigenvalue weighted by molar-refractivity contribution is 5.88. The van der Waals surface area contributed by atoms with Gasteiger partial charge in [-0.05, 0) is 50.4 Å². The molecule has 1 saturated carbocycles. The van der Waals surface area contributed by atoms with Crippen LogP contribution in [0.25, 0.3) is 0 Å². The van der Waals surface area contributed by atoms with E-state index in [9.17, 15) is 4.79 Å². The van der Waals surface area contributed by atoms with E-state index in [1.54, 1.807) is 10.9 Å². The molecule has 7 heteroatoms. The Morgan fingerprint density at radius 1 is 1.30 bits per heavy atom. The lowest BCUT2D eigenvalue weighted by molar-refractivity contribution is 0.161. The van der Waals surface area contributed by atoms with Crippen molar-refractivity contribution < 1.29 is 4.79 Å². The molecule has 0 aromatic carbocycles. The molecule has 0 unspecified atom stereocenters. The number of anilines is 1. The van der Waals surface area contributed by atoms with E-state index in [1.807, 2.05) is 25.4 Å². The molecular formula is C20H28N6O. The largest absolute Gasteiger partial charge is 0.336 e. The van der Waals surface area contributed by atoms with Crippen LogP contribution in [-0.4, -0.2) is 45.3 Å². The van der Waals surface area contributed by atoms with Crippen LogP contribution in [0.2, 0.25) is 0 Å². The molecule has 144 valence electrons. The number of aryl methyl sites for hydroxylation is 1. The average Bonchev–Trinajstić information content (AvgIpc) is 3.48. The van der Waals surface area contributed by atoms with Crippen LogP contribution in [0.4, 0.5) is 10.6 Å². The standard InChI is InChI=1S/C20H28N6O/c1-25-19(12-17(24-25)15-7-8-15)23-20(27)22-14-18(16-6-5-9-21-13-16)26-10-3-2-4-11-26/h5-6,9,12-13,15,18H,2-4,7-8,10-11,14H2,1H3,(H2,22,23,27)/t18-/m0/s1. The predicted octanol–water partition coefficient (Wildman–Crippen LogP) is 3.04. The van der Waals surface area contributed by atoms with E-state index in [0.29, 0.717) is 12.5 Å². The van der Waals surface area contributed by atoms with Crippen LogP contribution in [0, 0.1) is 0 Å². The molecule has 2 amide bonds. The first-order valence-corrected chi connectivity index (χ1v) is 9.93. The summed E-state index contributed by atoms with van der Waals surface area (Å²) in [6, 6.07) is 6.00. The van der Waals surface area contributed by atoms with Crippen molar-refractivity contribution >= 4 is 11.8 Å². The smallest absolute Gasteiger partial charge is 0.320 e. The number of aromatic nitrogens is 3. The SMILES string of the molecule is Cn1nc(C2CC2)cc1NC(=O)NC[C@@H](c1cccnc1)N1CCCCC1. The number of carbonyl (C=O) groups is 1. The van der Waals surface area contributed by atoms with Crippen LogP contribution >= 0.6 is 0 Å². The highest BCUT2D eigenvalue weighted by Crippen LogP contribution is 2.39. The summed E-state index contributed by atoms with van der Waals surface area (Å²) in [5.74, 6) is 1.31. The van der Waals surface area contributed by atoms with Crippen molar-refractivity contribution in [3.05, 3.63) is 41.9 Å². The lowest BCUT2D eigenvalue weighted by Crippen LogP contribution is -2.41. The zero-order valence-corrected chi connectivity index (χ0v) is 15.9. The fourth-order valence-corrected chi connectivity index (χ4v) is 3.80. The second kappa shape index (κ2) is 8.08. The van der Waals surface area contributed by atoms with Gasteiger partial charge in [-0.1, -0.05) is 12.5 Å². The molecule has 4 rings (SSSR count). The molecule has 2 aliphatic rings. The molecule has 0 spiro atoms. The van der Waals surface area contributed by atoms with Crippen molar-refractivity contribution in [2.45, 2.75) is 44.1 Å². The summed E-state index contributed by atoms with van der Waals surface area (Å²) >= 11 is 0. The van der Waals surface area contributed by atoms with Gasteiger partial charge in [-0.2, -0.15) is 5.10 Å². The number of piperidine rings is 1. The van der Waals surface area contributed by atoms with Gasteiger partial charge in [-0.3, -0.25) is 19.9 Å². The Kier molecular flexibility index (Phi) is 5.38. The minimum absolute atomic E-state index is 0.151. The molecular weight excluding hydrogens is 340 g/mol. The number of nitrogens with one attached hydrogen (secondary N) is 2. The zero-order chi connectivity index (χ0) is 18.6. The van der Waals surface area contributed by atoms with Gasteiger partial charge in [0.15, 0.2) is 0 Å². The van der Waals surface area contributed by atoms with Crippen molar-refractivity contribution in [3.8, 4) is 0 Å². The van der Waals surface area contributed by atoms with E-state index < -0.39 is 0 Å². The minimum atomic E-state index is -0.189. The van der Waals surface area contributed by atoms with Gasteiger partial charge in [-0.25, -0.2) is 4.79 Å². The maximum Gasteiger partial charge on any atom is 0.320 e. The summed E-state index contributed by atoms with van der Waals surface area (Å²) < 4.78 is 1.75. The van der Waals surface area contributed by atoms with Crippen LogP contribution in [-0.2, 0) is 7.05 Å². The van der Waals surface area contributed by atoms with Gasteiger partial charge in [0, 0.05) is 38.0 Å². The normalized spacial score (nSPS) is 18.9. The molecule has 0 bridgehead atoms. The van der Waals surface area contributed by atoms with Crippen LogP contribution in [0.15, 0.2) is 30.6 Å². The first-order chi connectivity index (χ1) is 13.2. The fourth-order valence-electron chi connectivity index (χ4n) is 3.80. The maximum absolute atomic E-state index is 12.5. The minimum Gasteiger partial charge on any atom is -0.336 e. The highest BCUT2D eigenvalue weighted by atomic mass is 16.2. The fraction of sp³-hybridized carbons (Fsp3) is 0.550. The number of urea groups is 1. The molecule has 2 aromatic heterocycles. The predicted molar refractivity (Wildman–Crippen MR) is 105 cm³/mol. The molecule has 1 aliphatic heterocycles. The molecule has 1 aliphatic carbocycles. The Morgan fingerprint density at radius 2 is 2.11 bits per heavy atom. The molecule has 7 nitrogen and oxygen atoms in total. The Hall–Kier alpha value is -2.41. The Morgan fingerprint density at radius 3 is 2.81 bits per heavy atom. The van der Waals surface area contributed by atoms with Crippen molar-refractivity contribution in [1.82, 2.24) is 25.0 Å². The third kappa shape index (κ3) is 4.47. The van der Waals surface area contributed by atoms with Gasteiger partial charge in [0.25, 0.3) is 0 Å². The monoisotopic (exact) mass is 368 g/mol. The molecule has 2 N–H and O–H groups in total. The van der Waals surface area contributed by atoms with E-state index in [1.165, 1.54) is 32.1 Å². The van der Waals surface area contributed by atoms with Gasteiger partial charge in [0.2, 0.25) is 0 Å². The summed E-state index contributed by atoms with van der Waals surface area (Å²) in [4.78, 5) is 19.2. The van der Waals surface area contributed by atoms with Gasteiger partial charge in [-0.15, -0.1) is 0 Å². The first-order valence-electron chi connectivity index (χ1n) is 9.93. The number of amides is 2. The third-order valence-corrected chi connectivity index (χ3v) is 5.49. The lowest BCUT2D eigenvalue weighted by Gasteiger charge is -2.34. The molecule has 0 radical (unpaired) electrons. The van der Waals surface area contributed by atoms with E-state index in [-0.39, 0.29) is 12.1 Å². The lowest BCUT2D eigenvalue weighted by atomic mass is 10.0.